The number of benzene rings is 4. The Morgan fingerprint density at radius 1 is 0.636 bits per heavy atom. The number of aromatic nitrogens is 1. The third-order valence-corrected chi connectivity index (χ3v) is 7.65. The third kappa shape index (κ3) is 5.85. The second-order valence-corrected chi connectivity index (χ2v) is 9.80. The van der Waals surface area contributed by atoms with E-state index in [4.69, 9.17) is 0 Å². The molecule has 0 aliphatic carbocycles. The van der Waals surface area contributed by atoms with E-state index in [9.17, 15) is 4.39 Å². The first kappa shape index (κ1) is 23.1. The molecule has 0 saturated carbocycles. The van der Waals surface area contributed by atoms with E-state index in [1.807, 2.05) is 0 Å². The van der Waals surface area contributed by atoms with Crippen LogP contribution in [0.3, 0.4) is 0 Å². The number of hydrogen-bond donors (Lipinski definition) is 0. The molecule has 0 bridgehead atoms. The summed E-state index contributed by atoms with van der Waals surface area (Å²) in [6, 6.07) is 38.8. The van der Waals surface area contributed by atoms with Gasteiger partial charge in [-0.25, -0.2) is 0 Å². The van der Waals surface area contributed by atoms with Crippen LogP contribution in [0.1, 0.15) is 5.56 Å². The van der Waals surface area contributed by atoms with Crippen LogP contribution in [-0.4, -0.2) is 4.98 Å². The zero-order valence-electron chi connectivity index (χ0n) is 17.6. The molecule has 0 radical (unpaired) electrons. The first-order chi connectivity index (χ1) is 16.3. The fourth-order valence-corrected chi connectivity index (χ4v) is 6.05. The van der Waals surface area contributed by atoms with Gasteiger partial charge >= 0.3 is 93.2 Å². The molecule has 164 valence electrons. The fourth-order valence-electron chi connectivity index (χ4n) is 3.46. The van der Waals surface area contributed by atoms with Gasteiger partial charge in [0.2, 0.25) is 0 Å². The van der Waals surface area contributed by atoms with E-state index in [-0.39, 0.29) is 5.82 Å². The fraction of sp³-hybridized carbons (Fsp3) is 0. The van der Waals surface area contributed by atoms with E-state index in [1.165, 1.54) is 22.0 Å². The number of fused-ring (bicyclic) bond motifs is 1. The minimum absolute atomic E-state index is 0.259. The molecule has 5 rings (SSSR count). The Morgan fingerprint density at radius 2 is 1.15 bits per heavy atom. The molecule has 0 unspecified atom stereocenters. The normalized spacial score (nSPS) is 10.2. The Balaban J connectivity index is 0.000000165. The maximum absolute atomic E-state index is 13.3. The van der Waals surface area contributed by atoms with Crippen molar-refractivity contribution < 1.29 is 25.5 Å². The predicted molar refractivity (Wildman–Crippen MR) is 134 cm³/mol. The van der Waals surface area contributed by atoms with Crippen molar-refractivity contribution >= 4 is 34.7 Å². The Bertz CT molecular complexity index is 1290. The first-order valence-corrected chi connectivity index (χ1v) is 12.8. The molecular formula is C29H20AuFNP. The standard InChI is InChI=1S/C18H15P.C11H5FN.Au/c1-4-10-16(11-5-1)19(17-12-6-2-7-13-17)18-14-8-3-9-15-18;1-2-8-5-6-10(12)9-4-3-7-13-11(8)9;/h1-15H;3-7H;. The summed E-state index contributed by atoms with van der Waals surface area (Å²) >= 11 is 2.12. The molecule has 4 aromatic carbocycles. The number of nitrogens with zero attached hydrogens (tertiary/aromatic N) is 1. The summed E-state index contributed by atoms with van der Waals surface area (Å²) in [6.07, 6.45) is 1.64. The van der Waals surface area contributed by atoms with Gasteiger partial charge in [0.05, 0.1) is 0 Å². The van der Waals surface area contributed by atoms with Gasteiger partial charge < -0.3 is 0 Å². The van der Waals surface area contributed by atoms with Crippen molar-refractivity contribution in [3.05, 3.63) is 133 Å². The topological polar surface area (TPSA) is 12.9 Å². The van der Waals surface area contributed by atoms with Crippen LogP contribution >= 0.6 is 7.92 Å². The summed E-state index contributed by atoms with van der Waals surface area (Å²) in [7, 11) is -0.446. The van der Waals surface area contributed by atoms with Gasteiger partial charge in [-0.15, -0.1) is 0 Å². The van der Waals surface area contributed by atoms with Crippen LogP contribution in [0.5, 0.6) is 0 Å². The molecule has 0 N–H and O–H groups in total. The van der Waals surface area contributed by atoms with Gasteiger partial charge in [0.1, 0.15) is 0 Å². The molecule has 5 aromatic rings. The second-order valence-electron chi connectivity index (χ2n) is 7.04. The van der Waals surface area contributed by atoms with E-state index < -0.39 is 7.92 Å². The zero-order chi connectivity index (χ0) is 22.9. The smallest absolute Gasteiger partial charge is 0.0134 e. The van der Waals surface area contributed by atoms with Crippen LogP contribution in [0.25, 0.3) is 10.9 Å². The molecule has 1 aromatic heterocycles. The maximum atomic E-state index is 13.3. The Labute approximate surface area is 207 Å². The van der Waals surface area contributed by atoms with Gasteiger partial charge in [0, 0.05) is 0 Å². The Morgan fingerprint density at radius 3 is 1.64 bits per heavy atom. The largest absolute Gasteiger partial charge is 0.0622 e. The van der Waals surface area contributed by atoms with Crippen molar-refractivity contribution in [1.82, 2.24) is 4.98 Å². The molecule has 0 fully saturated rings. The molecule has 4 heteroatoms. The second kappa shape index (κ2) is 11.7. The maximum Gasteiger partial charge on any atom is -0.0134 e. The molecular weight excluding hydrogens is 609 g/mol. The molecule has 0 spiro atoms. The molecule has 0 aliphatic rings. The van der Waals surface area contributed by atoms with E-state index in [0.29, 0.717) is 10.9 Å². The van der Waals surface area contributed by atoms with Crippen LogP contribution in [0.15, 0.2) is 121 Å². The minimum Gasteiger partial charge on any atom is -0.0622 e. The van der Waals surface area contributed by atoms with E-state index in [2.05, 4.69) is 127 Å². The molecule has 0 atom stereocenters. The quantitative estimate of drug-likeness (QED) is 0.142. The summed E-state index contributed by atoms with van der Waals surface area (Å²) in [4.78, 5) is 4.11. The SMILES string of the molecule is Fc1ccc(C#[C][Au])c2ncccc12.c1ccc(P(c2ccccc2)c2ccccc2)cc1. The molecule has 0 aliphatic heterocycles. The van der Waals surface area contributed by atoms with Crippen molar-refractivity contribution in [2.75, 3.05) is 0 Å². The van der Waals surface area contributed by atoms with Gasteiger partial charge in [0.15, 0.2) is 0 Å². The summed E-state index contributed by atoms with van der Waals surface area (Å²) < 4.78 is 16.0. The molecule has 1 heterocycles. The van der Waals surface area contributed by atoms with Crippen molar-refractivity contribution in [3.8, 4) is 10.1 Å². The van der Waals surface area contributed by atoms with E-state index in [1.54, 1.807) is 24.4 Å². The number of rotatable bonds is 3. The number of pyridine rings is 1. The van der Waals surface area contributed by atoms with Gasteiger partial charge in [-0.1, -0.05) is 91.0 Å². The number of hydrogen-bond acceptors (Lipinski definition) is 1. The average molecular weight is 629 g/mol. The van der Waals surface area contributed by atoms with E-state index >= 15 is 0 Å². The molecule has 0 amide bonds. The van der Waals surface area contributed by atoms with Gasteiger partial charge in [-0.05, 0) is 23.8 Å². The van der Waals surface area contributed by atoms with E-state index in [0.717, 1.165) is 5.56 Å². The van der Waals surface area contributed by atoms with Crippen LogP contribution in [0.2, 0.25) is 0 Å². The summed E-state index contributed by atoms with van der Waals surface area (Å²) in [6.45, 7) is 0. The zero-order valence-corrected chi connectivity index (χ0v) is 20.7. The predicted octanol–water partition coefficient (Wildman–Crippen LogP) is 5.67. The minimum atomic E-state index is -0.446. The van der Waals surface area contributed by atoms with Crippen LogP contribution in [-0.2, 0) is 21.1 Å². The average Bonchev–Trinajstić information content (AvgIpc) is 2.89. The van der Waals surface area contributed by atoms with Crippen molar-refractivity contribution in [2.24, 2.45) is 0 Å². The molecule has 0 saturated heterocycles. The van der Waals surface area contributed by atoms with Gasteiger partial charge in [0.25, 0.3) is 0 Å². The monoisotopic (exact) mass is 629 g/mol. The van der Waals surface area contributed by atoms with Gasteiger partial charge in [-0.2, -0.15) is 0 Å². The van der Waals surface area contributed by atoms with Crippen LogP contribution in [0.4, 0.5) is 4.39 Å². The number of halogens is 1. The Hall–Kier alpha value is -3.05. The molecule has 33 heavy (non-hydrogen) atoms. The summed E-state index contributed by atoms with van der Waals surface area (Å²) in [5, 5.41) is 4.71. The van der Waals surface area contributed by atoms with Gasteiger partial charge in [-0.3, -0.25) is 0 Å². The summed E-state index contributed by atoms with van der Waals surface area (Å²) in [5.41, 5.74) is 1.37. The van der Waals surface area contributed by atoms with Crippen LogP contribution in [0, 0.1) is 15.9 Å². The first-order valence-electron chi connectivity index (χ1n) is 10.3. The molecule has 1 nitrogen and oxygen atoms in total. The Kier molecular flexibility index (Phi) is 8.20. The van der Waals surface area contributed by atoms with Crippen molar-refractivity contribution in [2.45, 2.75) is 0 Å². The van der Waals surface area contributed by atoms with Crippen molar-refractivity contribution in [1.29, 1.82) is 0 Å². The third-order valence-electron chi connectivity index (χ3n) is 4.93. The summed E-state index contributed by atoms with van der Waals surface area (Å²) in [5.74, 6) is 2.61. The van der Waals surface area contributed by atoms with Crippen LogP contribution < -0.4 is 15.9 Å². The van der Waals surface area contributed by atoms with Crippen molar-refractivity contribution in [3.63, 3.8) is 0 Å².